The fraction of sp³-hybridized carbons (Fsp3) is 0.900. The molecule has 0 aliphatic carbocycles. The molecule has 4 fully saturated rings. The van der Waals surface area contributed by atoms with E-state index in [9.17, 15) is 14.4 Å². The van der Waals surface area contributed by atoms with Crippen LogP contribution in [0.15, 0.2) is 0 Å². The lowest BCUT2D eigenvalue weighted by atomic mass is 10.1. The lowest BCUT2D eigenvalue weighted by Gasteiger charge is -2.21. The van der Waals surface area contributed by atoms with Crippen LogP contribution in [0.3, 0.4) is 0 Å². The van der Waals surface area contributed by atoms with Gasteiger partial charge in [-0.1, -0.05) is 61.8 Å². The zero-order valence-electron chi connectivity index (χ0n) is 27.1. The van der Waals surface area contributed by atoms with E-state index in [1.807, 2.05) is 76.5 Å². The number of hydrogen-bond donors (Lipinski definition) is 0. The van der Waals surface area contributed by atoms with Gasteiger partial charge in [0.15, 0.2) is 0 Å². The van der Waals surface area contributed by atoms with Crippen molar-refractivity contribution >= 4 is 17.7 Å². The van der Waals surface area contributed by atoms with Gasteiger partial charge >= 0.3 is 0 Å². The Morgan fingerprint density at radius 2 is 0.649 bits per heavy atom. The van der Waals surface area contributed by atoms with Crippen molar-refractivity contribution in [3.05, 3.63) is 0 Å². The number of rotatable bonds is 0. The van der Waals surface area contributed by atoms with E-state index >= 15 is 0 Å². The standard InChI is InChI=1S/C6H11NO.C6H13N.2C5H9NO.4C2H6/c1-7-5-3-2-4-6(7)8;1-7-5-3-2-4-6-7;2*1-6-4-2-3-5(6)7;4*1-2/h2-5H2,1H3;2-6H2,1H3;2*2-4H2,1H3;4*1-2H3. The number of carbonyl (C=O) groups is 3. The van der Waals surface area contributed by atoms with E-state index in [2.05, 4.69) is 11.9 Å². The van der Waals surface area contributed by atoms with Crippen LogP contribution in [0.5, 0.6) is 0 Å². The van der Waals surface area contributed by atoms with Gasteiger partial charge in [-0.3, -0.25) is 14.4 Å². The van der Waals surface area contributed by atoms with Gasteiger partial charge < -0.3 is 19.6 Å². The van der Waals surface area contributed by atoms with Gasteiger partial charge in [-0.15, -0.1) is 0 Å². The number of carbonyl (C=O) groups excluding carboxylic acids is 3. The summed E-state index contributed by atoms with van der Waals surface area (Å²) in [7, 11) is 7.74. The molecule has 4 rings (SSSR count). The van der Waals surface area contributed by atoms with E-state index in [4.69, 9.17) is 0 Å². The average molecular weight is 531 g/mol. The predicted molar refractivity (Wildman–Crippen MR) is 162 cm³/mol. The first-order valence-electron chi connectivity index (χ1n) is 15.2. The van der Waals surface area contributed by atoms with Gasteiger partial charge in [-0.2, -0.15) is 0 Å². The fourth-order valence-corrected chi connectivity index (χ4v) is 3.56. The zero-order chi connectivity index (χ0) is 29.6. The number of likely N-dealkylation sites (tertiary alicyclic amines) is 4. The first-order valence-corrected chi connectivity index (χ1v) is 15.2. The Morgan fingerprint density at radius 1 is 0.378 bits per heavy atom. The van der Waals surface area contributed by atoms with Gasteiger partial charge in [0.1, 0.15) is 0 Å². The first-order chi connectivity index (χ1) is 17.8. The maximum absolute atomic E-state index is 10.7. The van der Waals surface area contributed by atoms with Crippen LogP contribution in [0.1, 0.15) is 120 Å². The summed E-state index contributed by atoms with van der Waals surface area (Å²) in [6, 6.07) is 0. The highest BCUT2D eigenvalue weighted by molar-refractivity contribution is 5.78. The van der Waals surface area contributed by atoms with Crippen molar-refractivity contribution in [2.24, 2.45) is 0 Å². The normalized spacial score (nSPS) is 18.2. The Kier molecular flexibility index (Phi) is 37.2. The van der Waals surface area contributed by atoms with Gasteiger partial charge in [0, 0.05) is 60.0 Å². The lowest BCUT2D eigenvalue weighted by Crippen LogP contribution is -2.31. The van der Waals surface area contributed by atoms with Crippen LogP contribution in [0, 0.1) is 0 Å². The van der Waals surface area contributed by atoms with Crippen molar-refractivity contribution in [1.82, 2.24) is 19.6 Å². The van der Waals surface area contributed by atoms with E-state index in [1.54, 1.807) is 14.7 Å². The van der Waals surface area contributed by atoms with Crippen LogP contribution >= 0.6 is 0 Å². The minimum Gasteiger partial charge on any atom is -0.346 e. The third-order valence-electron chi connectivity index (χ3n) is 5.76. The topological polar surface area (TPSA) is 64.2 Å². The van der Waals surface area contributed by atoms with Crippen LogP contribution in [0.4, 0.5) is 0 Å². The molecule has 4 aliphatic rings. The summed E-state index contributed by atoms with van der Waals surface area (Å²) in [5.41, 5.74) is 0. The Hall–Kier alpha value is -1.63. The van der Waals surface area contributed by atoms with Crippen LogP contribution in [-0.4, -0.2) is 98.2 Å². The van der Waals surface area contributed by atoms with Crippen LogP contribution < -0.4 is 0 Å². The Morgan fingerprint density at radius 3 is 0.811 bits per heavy atom. The van der Waals surface area contributed by atoms with Crippen molar-refractivity contribution in [2.75, 3.05) is 60.9 Å². The summed E-state index contributed by atoms with van der Waals surface area (Å²) < 4.78 is 0. The van der Waals surface area contributed by atoms with Crippen LogP contribution in [0.2, 0.25) is 0 Å². The minimum atomic E-state index is 0.292. The molecule has 0 spiro atoms. The second-order valence-corrected chi connectivity index (χ2v) is 8.47. The van der Waals surface area contributed by atoms with Crippen molar-refractivity contribution in [2.45, 2.75) is 120 Å². The molecule has 0 unspecified atom stereocenters. The third-order valence-corrected chi connectivity index (χ3v) is 5.76. The second kappa shape index (κ2) is 32.4. The molecule has 0 radical (unpaired) electrons. The Bertz CT molecular complexity index is 485. The zero-order valence-corrected chi connectivity index (χ0v) is 27.1. The highest BCUT2D eigenvalue weighted by Crippen LogP contribution is 2.07. The minimum absolute atomic E-state index is 0.292. The molecule has 4 saturated heterocycles. The SMILES string of the molecule is CC.CC.CC.CC.CN1CCCC1=O.CN1CCCC1=O.CN1CCCCC1.CN1CCCCC1=O. The summed E-state index contributed by atoms with van der Waals surface area (Å²) >= 11 is 0. The quantitative estimate of drug-likeness (QED) is 0.368. The van der Waals surface area contributed by atoms with Gasteiger partial charge in [-0.25, -0.2) is 0 Å². The molecule has 7 nitrogen and oxygen atoms in total. The average Bonchev–Trinajstić information content (AvgIpc) is 3.52. The van der Waals surface area contributed by atoms with Crippen LogP contribution in [-0.2, 0) is 14.4 Å². The molecule has 0 N–H and O–H groups in total. The fourth-order valence-electron chi connectivity index (χ4n) is 3.56. The number of amides is 3. The molecule has 3 amide bonds. The maximum Gasteiger partial charge on any atom is 0.222 e. The highest BCUT2D eigenvalue weighted by Gasteiger charge is 2.15. The lowest BCUT2D eigenvalue weighted by molar-refractivity contribution is -0.131. The molecular formula is C30H66N4O3. The first kappa shape index (κ1) is 42.5. The monoisotopic (exact) mass is 531 g/mol. The maximum atomic E-state index is 10.7. The highest BCUT2D eigenvalue weighted by atomic mass is 16.2. The number of nitrogens with zero attached hydrogens (tertiary/aromatic N) is 4. The van der Waals surface area contributed by atoms with Crippen LogP contribution in [0.25, 0.3) is 0 Å². The summed E-state index contributed by atoms with van der Waals surface area (Å²) in [6.45, 7) is 21.5. The van der Waals surface area contributed by atoms with Crippen molar-refractivity contribution < 1.29 is 14.4 Å². The molecule has 224 valence electrons. The predicted octanol–water partition coefficient (Wildman–Crippen LogP) is 6.31. The van der Waals surface area contributed by atoms with Crippen molar-refractivity contribution in [3.8, 4) is 0 Å². The third kappa shape index (κ3) is 25.8. The van der Waals surface area contributed by atoms with Gasteiger partial charge in [-0.05, 0) is 58.7 Å². The number of piperidine rings is 2. The van der Waals surface area contributed by atoms with Crippen molar-refractivity contribution in [3.63, 3.8) is 0 Å². The van der Waals surface area contributed by atoms with Crippen molar-refractivity contribution in [1.29, 1.82) is 0 Å². The molecule has 4 aliphatic heterocycles. The Labute approximate surface area is 232 Å². The molecule has 0 atom stereocenters. The summed E-state index contributed by atoms with van der Waals surface area (Å²) in [5.74, 6) is 0.885. The molecule has 0 aromatic rings. The molecular weight excluding hydrogens is 464 g/mol. The molecule has 37 heavy (non-hydrogen) atoms. The summed E-state index contributed by atoms with van der Waals surface area (Å²) in [6.07, 6.45) is 10.9. The van der Waals surface area contributed by atoms with Gasteiger partial charge in [0.25, 0.3) is 0 Å². The van der Waals surface area contributed by atoms with E-state index in [-0.39, 0.29) is 0 Å². The van der Waals surface area contributed by atoms with Gasteiger partial charge in [0.05, 0.1) is 0 Å². The molecule has 0 aromatic carbocycles. The van der Waals surface area contributed by atoms with Gasteiger partial charge in [0.2, 0.25) is 17.7 Å². The van der Waals surface area contributed by atoms with E-state index in [0.717, 1.165) is 58.2 Å². The largest absolute Gasteiger partial charge is 0.346 e. The second-order valence-electron chi connectivity index (χ2n) is 8.47. The summed E-state index contributed by atoms with van der Waals surface area (Å²) in [5, 5.41) is 0. The molecule has 7 heteroatoms. The molecule has 0 saturated carbocycles. The van der Waals surface area contributed by atoms with E-state index in [0.29, 0.717) is 17.7 Å². The molecule has 4 heterocycles. The molecule has 0 bridgehead atoms. The van der Waals surface area contributed by atoms with E-state index < -0.39 is 0 Å². The summed E-state index contributed by atoms with van der Waals surface area (Å²) in [4.78, 5) is 39.4. The molecule has 0 aromatic heterocycles. The smallest absolute Gasteiger partial charge is 0.222 e. The Balaban J connectivity index is -0.000000180. The van der Waals surface area contributed by atoms with E-state index in [1.165, 1.54) is 38.8 Å². The number of hydrogen-bond acceptors (Lipinski definition) is 4.